The maximum atomic E-state index is 10.4. The lowest BCUT2D eigenvalue weighted by Crippen LogP contribution is -1.98. The van der Waals surface area contributed by atoms with E-state index < -0.39 is 4.92 Å². The maximum Gasteiger partial charge on any atom is 0.289 e. The molecule has 0 radical (unpaired) electrons. The van der Waals surface area contributed by atoms with Crippen LogP contribution in [0.1, 0.15) is 5.56 Å². The molecule has 1 aromatic carbocycles. The van der Waals surface area contributed by atoms with Gasteiger partial charge in [0.2, 0.25) is 0 Å². The number of nitrogen functional groups attached to an aromatic ring is 1. The number of halogens is 1. The van der Waals surface area contributed by atoms with Crippen molar-refractivity contribution in [3.05, 3.63) is 32.3 Å². The number of anilines is 1. The van der Waals surface area contributed by atoms with E-state index in [9.17, 15) is 10.1 Å². The molecule has 0 fully saturated rings. The number of rotatable bonds is 1. The fourth-order valence-electron chi connectivity index (χ4n) is 0.852. The standard InChI is InChI=1S/C7H4BrN3O2/c8-5-1-2-6(11(12)13)4(3-9)7(5)10/h1-2H,10H2. The zero-order chi connectivity index (χ0) is 10.0. The quantitative estimate of drug-likeness (QED) is 0.461. The lowest BCUT2D eigenvalue weighted by molar-refractivity contribution is -0.385. The number of nitrogens with two attached hydrogens (primary N) is 1. The number of hydrogen-bond donors (Lipinski definition) is 1. The van der Waals surface area contributed by atoms with Gasteiger partial charge in [-0.3, -0.25) is 10.1 Å². The molecule has 2 N–H and O–H groups in total. The van der Waals surface area contributed by atoms with Crippen molar-refractivity contribution in [1.82, 2.24) is 0 Å². The van der Waals surface area contributed by atoms with Gasteiger partial charge in [-0.1, -0.05) is 0 Å². The highest BCUT2D eigenvalue weighted by atomic mass is 79.9. The first-order valence-corrected chi connectivity index (χ1v) is 3.99. The molecule has 0 saturated carbocycles. The van der Waals surface area contributed by atoms with Crippen molar-refractivity contribution in [3.63, 3.8) is 0 Å². The Kier molecular flexibility index (Phi) is 2.49. The van der Waals surface area contributed by atoms with Gasteiger partial charge in [-0.25, -0.2) is 0 Å². The predicted octanol–water partition coefficient (Wildman–Crippen LogP) is 1.81. The van der Waals surface area contributed by atoms with Gasteiger partial charge in [-0.05, 0) is 22.0 Å². The maximum absolute atomic E-state index is 10.4. The van der Waals surface area contributed by atoms with Crippen molar-refractivity contribution in [3.8, 4) is 6.07 Å². The van der Waals surface area contributed by atoms with E-state index in [4.69, 9.17) is 11.0 Å². The zero-order valence-corrected chi connectivity index (χ0v) is 7.91. The number of nitrogens with zero attached hydrogens (tertiary/aromatic N) is 2. The van der Waals surface area contributed by atoms with E-state index in [1.165, 1.54) is 12.1 Å². The minimum absolute atomic E-state index is 0.0942. The molecule has 0 aliphatic carbocycles. The Balaban J connectivity index is 3.50. The summed E-state index contributed by atoms with van der Waals surface area (Å²) in [5.74, 6) is 0. The van der Waals surface area contributed by atoms with Crippen LogP contribution in [0.2, 0.25) is 0 Å². The van der Waals surface area contributed by atoms with Crippen LogP contribution in [-0.2, 0) is 0 Å². The summed E-state index contributed by atoms with van der Waals surface area (Å²) in [6.07, 6.45) is 0. The largest absolute Gasteiger partial charge is 0.397 e. The van der Waals surface area contributed by atoms with Gasteiger partial charge in [0.25, 0.3) is 5.69 Å². The average Bonchev–Trinajstić information content (AvgIpc) is 2.09. The third kappa shape index (κ3) is 1.60. The van der Waals surface area contributed by atoms with E-state index in [1.807, 2.05) is 0 Å². The van der Waals surface area contributed by atoms with Crippen LogP contribution in [0.15, 0.2) is 16.6 Å². The Morgan fingerprint density at radius 2 is 2.23 bits per heavy atom. The van der Waals surface area contributed by atoms with Crippen molar-refractivity contribution in [1.29, 1.82) is 5.26 Å². The van der Waals surface area contributed by atoms with Gasteiger partial charge in [-0.15, -0.1) is 0 Å². The van der Waals surface area contributed by atoms with Crippen LogP contribution in [0.4, 0.5) is 11.4 Å². The van der Waals surface area contributed by atoms with E-state index >= 15 is 0 Å². The molecule has 1 rings (SSSR count). The molecule has 66 valence electrons. The second kappa shape index (κ2) is 3.41. The summed E-state index contributed by atoms with van der Waals surface area (Å²) in [5.41, 5.74) is 5.17. The fraction of sp³-hybridized carbons (Fsp3) is 0. The van der Waals surface area contributed by atoms with Crippen LogP contribution in [0.25, 0.3) is 0 Å². The zero-order valence-electron chi connectivity index (χ0n) is 6.32. The Labute approximate surface area is 82.0 Å². The second-order valence-electron chi connectivity index (χ2n) is 2.22. The minimum atomic E-state index is -0.638. The van der Waals surface area contributed by atoms with Crippen LogP contribution in [0.3, 0.4) is 0 Å². The molecule has 0 spiro atoms. The summed E-state index contributed by atoms with van der Waals surface area (Å²) in [7, 11) is 0. The number of benzene rings is 1. The van der Waals surface area contributed by atoms with Gasteiger partial charge in [0, 0.05) is 10.5 Å². The molecule has 13 heavy (non-hydrogen) atoms. The number of nitriles is 1. The number of hydrogen-bond acceptors (Lipinski definition) is 4. The molecule has 1 aromatic rings. The van der Waals surface area contributed by atoms with Gasteiger partial charge in [-0.2, -0.15) is 5.26 Å². The summed E-state index contributed by atoms with van der Waals surface area (Å²) in [6, 6.07) is 4.36. The molecular formula is C7H4BrN3O2. The Hall–Kier alpha value is -1.61. The number of nitro benzene ring substituents is 1. The molecule has 0 aliphatic rings. The van der Waals surface area contributed by atoms with Crippen molar-refractivity contribution in [2.75, 3.05) is 5.73 Å². The van der Waals surface area contributed by atoms with E-state index in [-0.39, 0.29) is 16.9 Å². The van der Waals surface area contributed by atoms with Crippen molar-refractivity contribution < 1.29 is 4.92 Å². The van der Waals surface area contributed by atoms with E-state index in [0.717, 1.165) is 0 Å². The molecule has 0 atom stereocenters. The molecule has 0 heterocycles. The molecule has 6 heteroatoms. The Bertz CT molecular complexity index is 411. The second-order valence-corrected chi connectivity index (χ2v) is 3.08. The number of nitro groups is 1. The fourth-order valence-corrected chi connectivity index (χ4v) is 1.18. The van der Waals surface area contributed by atoms with Gasteiger partial charge in [0.15, 0.2) is 5.56 Å². The first-order chi connectivity index (χ1) is 6.07. The van der Waals surface area contributed by atoms with Gasteiger partial charge < -0.3 is 5.73 Å². The van der Waals surface area contributed by atoms with Gasteiger partial charge >= 0.3 is 0 Å². The summed E-state index contributed by atoms with van der Waals surface area (Å²) < 4.78 is 0.481. The molecule has 0 aromatic heterocycles. The summed E-state index contributed by atoms with van der Waals surface area (Å²) in [4.78, 5) is 9.79. The highest BCUT2D eigenvalue weighted by Crippen LogP contribution is 2.29. The van der Waals surface area contributed by atoms with E-state index in [1.54, 1.807) is 6.07 Å². The van der Waals surface area contributed by atoms with Crippen LogP contribution >= 0.6 is 15.9 Å². The van der Waals surface area contributed by atoms with Crippen LogP contribution < -0.4 is 5.73 Å². The molecule has 0 amide bonds. The first kappa shape index (κ1) is 9.48. The Morgan fingerprint density at radius 3 is 2.69 bits per heavy atom. The Morgan fingerprint density at radius 1 is 1.62 bits per heavy atom. The monoisotopic (exact) mass is 241 g/mol. The summed E-state index contributed by atoms with van der Waals surface area (Å²) in [6.45, 7) is 0. The predicted molar refractivity (Wildman–Crippen MR) is 49.9 cm³/mol. The van der Waals surface area contributed by atoms with Crippen molar-refractivity contribution >= 4 is 27.3 Å². The van der Waals surface area contributed by atoms with Crippen LogP contribution in [0, 0.1) is 21.4 Å². The van der Waals surface area contributed by atoms with Crippen LogP contribution in [0.5, 0.6) is 0 Å². The molecule has 5 nitrogen and oxygen atoms in total. The van der Waals surface area contributed by atoms with Gasteiger partial charge in [0.05, 0.1) is 10.6 Å². The lowest BCUT2D eigenvalue weighted by Gasteiger charge is -2.00. The molecule has 0 aliphatic heterocycles. The minimum Gasteiger partial charge on any atom is -0.397 e. The highest BCUT2D eigenvalue weighted by Gasteiger charge is 2.17. The van der Waals surface area contributed by atoms with E-state index in [0.29, 0.717) is 4.47 Å². The molecule has 0 bridgehead atoms. The smallest absolute Gasteiger partial charge is 0.289 e. The van der Waals surface area contributed by atoms with Crippen LogP contribution in [-0.4, -0.2) is 4.92 Å². The first-order valence-electron chi connectivity index (χ1n) is 3.20. The van der Waals surface area contributed by atoms with Crippen molar-refractivity contribution in [2.45, 2.75) is 0 Å². The normalized spacial score (nSPS) is 9.23. The van der Waals surface area contributed by atoms with Gasteiger partial charge in [0.1, 0.15) is 6.07 Å². The lowest BCUT2D eigenvalue weighted by atomic mass is 10.1. The highest BCUT2D eigenvalue weighted by molar-refractivity contribution is 9.10. The third-order valence-corrected chi connectivity index (χ3v) is 2.17. The molecule has 0 saturated heterocycles. The summed E-state index contributed by atoms with van der Waals surface area (Å²) >= 11 is 3.07. The molecular weight excluding hydrogens is 238 g/mol. The van der Waals surface area contributed by atoms with Crippen molar-refractivity contribution in [2.24, 2.45) is 0 Å². The SMILES string of the molecule is N#Cc1c([N+](=O)[O-])ccc(Br)c1N. The summed E-state index contributed by atoms with van der Waals surface area (Å²) in [5, 5.41) is 19.0. The third-order valence-electron chi connectivity index (χ3n) is 1.48. The van der Waals surface area contributed by atoms with E-state index in [2.05, 4.69) is 15.9 Å². The molecule has 0 unspecified atom stereocenters. The average molecular weight is 242 g/mol. The topological polar surface area (TPSA) is 92.9 Å².